The lowest BCUT2D eigenvalue weighted by molar-refractivity contribution is 0.173. The second-order valence-corrected chi connectivity index (χ2v) is 3.79. The lowest BCUT2D eigenvalue weighted by atomic mass is 10.0. The van der Waals surface area contributed by atoms with E-state index in [0.717, 1.165) is 34.7 Å². The van der Waals surface area contributed by atoms with Gasteiger partial charge in [0.05, 0.1) is 0 Å². The minimum atomic E-state index is 0.271. The smallest absolute Gasteiger partial charge is 0.231 e. The summed E-state index contributed by atoms with van der Waals surface area (Å²) in [5, 5.41) is 3.92. The molecule has 0 aliphatic carbocycles. The Morgan fingerprint density at radius 2 is 2.24 bits per heavy atom. The van der Waals surface area contributed by atoms with E-state index >= 15 is 0 Å². The molecular weight excluding hydrogens is 220 g/mol. The average molecular weight is 232 g/mol. The van der Waals surface area contributed by atoms with Crippen molar-refractivity contribution in [3.8, 4) is 22.8 Å². The van der Waals surface area contributed by atoms with Crippen LogP contribution in [0.25, 0.3) is 11.3 Å². The lowest BCUT2D eigenvalue weighted by Gasteiger charge is -2.08. The van der Waals surface area contributed by atoms with Crippen LogP contribution in [-0.4, -0.2) is 11.9 Å². The molecule has 5 heteroatoms. The van der Waals surface area contributed by atoms with Gasteiger partial charge in [-0.2, -0.15) is 0 Å². The molecule has 88 valence electrons. The number of nitrogen functional groups attached to an aromatic ring is 1. The summed E-state index contributed by atoms with van der Waals surface area (Å²) in [6.07, 6.45) is 0.828. The maximum absolute atomic E-state index is 5.54. The standard InChI is InChI=1S/C12H12N2O3/c1-2-7-8(9-5-11(13)17-14-9)3-4-10-12(7)16-6-15-10/h3-5H,2,6,13H2,1H3. The summed E-state index contributed by atoms with van der Waals surface area (Å²) in [4.78, 5) is 0. The molecule has 1 aromatic heterocycles. The molecule has 0 spiro atoms. The predicted molar refractivity (Wildman–Crippen MR) is 61.9 cm³/mol. The third-order valence-electron chi connectivity index (χ3n) is 2.80. The SMILES string of the molecule is CCc1c(-c2cc(N)on2)ccc2c1OCO2. The summed E-state index contributed by atoms with van der Waals surface area (Å²) in [6.45, 7) is 2.33. The number of anilines is 1. The van der Waals surface area contributed by atoms with Crippen molar-refractivity contribution in [2.75, 3.05) is 12.5 Å². The van der Waals surface area contributed by atoms with E-state index < -0.39 is 0 Å². The van der Waals surface area contributed by atoms with Gasteiger partial charge in [0.25, 0.3) is 0 Å². The molecular formula is C12H12N2O3. The minimum absolute atomic E-state index is 0.271. The number of nitrogens with two attached hydrogens (primary N) is 1. The van der Waals surface area contributed by atoms with Gasteiger partial charge in [-0.05, 0) is 18.6 Å². The van der Waals surface area contributed by atoms with Crippen LogP contribution in [0.3, 0.4) is 0 Å². The van der Waals surface area contributed by atoms with Crippen molar-refractivity contribution < 1.29 is 14.0 Å². The van der Waals surface area contributed by atoms with E-state index in [2.05, 4.69) is 12.1 Å². The highest BCUT2D eigenvalue weighted by Gasteiger charge is 2.21. The van der Waals surface area contributed by atoms with Crippen LogP contribution < -0.4 is 15.2 Å². The van der Waals surface area contributed by atoms with E-state index in [1.807, 2.05) is 12.1 Å². The number of hydrogen-bond acceptors (Lipinski definition) is 5. The molecule has 2 aromatic rings. The quantitative estimate of drug-likeness (QED) is 0.859. The number of nitrogens with zero attached hydrogens (tertiary/aromatic N) is 1. The summed E-state index contributed by atoms with van der Waals surface area (Å²) >= 11 is 0. The highest BCUT2D eigenvalue weighted by Crippen LogP contribution is 2.41. The van der Waals surface area contributed by atoms with Crippen LogP contribution in [0.2, 0.25) is 0 Å². The van der Waals surface area contributed by atoms with Crippen LogP contribution in [-0.2, 0) is 6.42 Å². The molecule has 0 saturated heterocycles. The molecule has 0 unspecified atom stereocenters. The van der Waals surface area contributed by atoms with Gasteiger partial charge >= 0.3 is 0 Å². The van der Waals surface area contributed by atoms with Gasteiger partial charge < -0.3 is 19.7 Å². The second-order valence-electron chi connectivity index (χ2n) is 3.79. The van der Waals surface area contributed by atoms with Crippen molar-refractivity contribution in [3.63, 3.8) is 0 Å². The Labute approximate surface area is 98.1 Å². The van der Waals surface area contributed by atoms with Gasteiger partial charge in [-0.25, -0.2) is 0 Å². The van der Waals surface area contributed by atoms with Gasteiger partial charge in [-0.1, -0.05) is 12.1 Å². The summed E-state index contributed by atoms with van der Waals surface area (Å²) in [5.74, 6) is 1.88. The maximum Gasteiger partial charge on any atom is 0.231 e. The summed E-state index contributed by atoms with van der Waals surface area (Å²) in [6, 6.07) is 5.53. The Kier molecular flexibility index (Phi) is 2.18. The summed E-state index contributed by atoms with van der Waals surface area (Å²) < 4.78 is 15.7. The van der Waals surface area contributed by atoms with Crippen molar-refractivity contribution in [3.05, 3.63) is 23.8 Å². The Morgan fingerprint density at radius 1 is 1.35 bits per heavy atom. The van der Waals surface area contributed by atoms with Gasteiger partial charge in [-0.3, -0.25) is 0 Å². The fourth-order valence-electron chi connectivity index (χ4n) is 2.04. The molecule has 0 bridgehead atoms. The fraction of sp³-hybridized carbons (Fsp3) is 0.250. The van der Waals surface area contributed by atoms with Crippen LogP contribution in [0.4, 0.5) is 5.88 Å². The number of aromatic nitrogens is 1. The van der Waals surface area contributed by atoms with Gasteiger partial charge in [0, 0.05) is 17.2 Å². The minimum Gasteiger partial charge on any atom is -0.454 e. The maximum atomic E-state index is 5.54. The number of rotatable bonds is 2. The first kappa shape index (κ1) is 10.0. The molecule has 1 aliphatic heterocycles. The molecule has 0 fully saturated rings. The number of fused-ring (bicyclic) bond motifs is 1. The van der Waals surface area contributed by atoms with E-state index in [4.69, 9.17) is 19.7 Å². The highest BCUT2D eigenvalue weighted by molar-refractivity contribution is 5.71. The van der Waals surface area contributed by atoms with Crippen molar-refractivity contribution in [2.45, 2.75) is 13.3 Å². The Bertz CT molecular complexity index is 563. The van der Waals surface area contributed by atoms with Gasteiger partial charge in [-0.15, -0.1) is 0 Å². The molecule has 5 nitrogen and oxygen atoms in total. The van der Waals surface area contributed by atoms with Crippen molar-refractivity contribution >= 4 is 5.88 Å². The molecule has 17 heavy (non-hydrogen) atoms. The molecule has 2 N–H and O–H groups in total. The van der Waals surface area contributed by atoms with Gasteiger partial charge in [0.1, 0.15) is 5.69 Å². The third kappa shape index (κ3) is 1.51. The van der Waals surface area contributed by atoms with Crippen LogP contribution in [0, 0.1) is 0 Å². The topological polar surface area (TPSA) is 70.5 Å². The molecule has 0 amide bonds. The van der Waals surface area contributed by atoms with Crippen molar-refractivity contribution in [1.82, 2.24) is 5.16 Å². The number of benzene rings is 1. The first-order valence-corrected chi connectivity index (χ1v) is 5.43. The molecule has 3 rings (SSSR count). The normalized spacial score (nSPS) is 13.0. The van der Waals surface area contributed by atoms with Crippen LogP contribution in [0.5, 0.6) is 11.5 Å². The van der Waals surface area contributed by atoms with Crippen LogP contribution >= 0.6 is 0 Å². The Balaban J connectivity index is 2.17. The molecule has 0 saturated carbocycles. The molecule has 1 aromatic carbocycles. The van der Waals surface area contributed by atoms with Gasteiger partial charge in [0.15, 0.2) is 11.5 Å². The van der Waals surface area contributed by atoms with E-state index in [9.17, 15) is 0 Å². The second kappa shape index (κ2) is 3.69. The molecule has 0 radical (unpaired) electrons. The predicted octanol–water partition coefficient (Wildman–Crippen LogP) is 2.21. The van der Waals surface area contributed by atoms with Crippen LogP contribution in [0.15, 0.2) is 22.7 Å². The lowest BCUT2D eigenvalue weighted by Crippen LogP contribution is -1.95. The first-order chi connectivity index (χ1) is 8.29. The average Bonchev–Trinajstić information content (AvgIpc) is 2.95. The Hall–Kier alpha value is -2.17. The third-order valence-corrected chi connectivity index (χ3v) is 2.80. The van der Waals surface area contributed by atoms with E-state index in [1.165, 1.54) is 0 Å². The van der Waals surface area contributed by atoms with E-state index in [-0.39, 0.29) is 6.79 Å². The zero-order valence-corrected chi connectivity index (χ0v) is 9.40. The van der Waals surface area contributed by atoms with Crippen molar-refractivity contribution in [2.24, 2.45) is 0 Å². The Morgan fingerprint density at radius 3 is 2.94 bits per heavy atom. The number of ether oxygens (including phenoxy) is 2. The first-order valence-electron chi connectivity index (χ1n) is 5.43. The largest absolute Gasteiger partial charge is 0.454 e. The summed E-state index contributed by atoms with van der Waals surface area (Å²) in [5.41, 5.74) is 8.29. The highest BCUT2D eigenvalue weighted by atomic mass is 16.7. The van der Waals surface area contributed by atoms with E-state index in [1.54, 1.807) is 6.07 Å². The number of hydrogen-bond donors (Lipinski definition) is 1. The fourth-order valence-corrected chi connectivity index (χ4v) is 2.04. The van der Waals surface area contributed by atoms with Crippen LogP contribution in [0.1, 0.15) is 12.5 Å². The zero-order valence-electron chi connectivity index (χ0n) is 9.40. The molecule has 0 atom stereocenters. The monoisotopic (exact) mass is 232 g/mol. The zero-order chi connectivity index (χ0) is 11.8. The molecule has 1 aliphatic rings. The van der Waals surface area contributed by atoms with Crippen molar-refractivity contribution in [1.29, 1.82) is 0 Å². The van der Waals surface area contributed by atoms with Gasteiger partial charge in [0.2, 0.25) is 12.7 Å². The summed E-state index contributed by atoms with van der Waals surface area (Å²) in [7, 11) is 0. The molecule has 2 heterocycles. The van der Waals surface area contributed by atoms with E-state index in [0.29, 0.717) is 5.88 Å².